The molecule has 0 saturated heterocycles. The van der Waals surface area contributed by atoms with Crippen LogP contribution in [0.2, 0.25) is 0 Å². The SMILES string of the molecule is CC(O)CO.O=C([O-])c1cccc(C(=O)[O-])c1.[Na+].[Na+]. The molecular weight excluding hydrogens is 274 g/mol. The van der Waals surface area contributed by atoms with Crippen molar-refractivity contribution >= 4 is 11.9 Å². The monoisotopic (exact) mass is 286 g/mol. The van der Waals surface area contributed by atoms with Crippen molar-refractivity contribution in [1.29, 1.82) is 0 Å². The topological polar surface area (TPSA) is 121 Å². The largest absolute Gasteiger partial charge is 1.00 e. The first-order valence-electron chi connectivity index (χ1n) is 4.70. The number of benzene rings is 1. The number of aromatic carboxylic acids is 2. The molecule has 6 nitrogen and oxygen atoms in total. The summed E-state index contributed by atoms with van der Waals surface area (Å²) in [5, 5.41) is 36.5. The number of carbonyl (C=O) groups is 2. The molecule has 1 atom stereocenters. The first kappa shape index (κ1) is 24.1. The van der Waals surface area contributed by atoms with Crippen molar-refractivity contribution < 1.29 is 89.1 Å². The molecule has 0 aromatic heterocycles. The van der Waals surface area contributed by atoms with Gasteiger partial charge in [0, 0.05) is 0 Å². The summed E-state index contributed by atoms with van der Waals surface area (Å²) >= 11 is 0. The molecule has 19 heavy (non-hydrogen) atoms. The van der Waals surface area contributed by atoms with Crippen LogP contribution in [-0.4, -0.2) is 34.9 Å². The second kappa shape index (κ2) is 13.1. The minimum Gasteiger partial charge on any atom is -0.545 e. The second-order valence-electron chi connectivity index (χ2n) is 3.19. The maximum Gasteiger partial charge on any atom is 1.00 e. The maximum atomic E-state index is 10.3. The molecule has 0 bridgehead atoms. The smallest absolute Gasteiger partial charge is 0.545 e. The van der Waals surface area contributed by atoms with E-state index in [1.807, 2.05) is 0 Å². The molecule has 0 aliphatic carbocycles. The van der Waals surface area contributed by atoms with E-state index >= 15 is 0 Å². The number of hydrogen-bond donors (Lipinski definition) is 2. The third kappa shape index (κ3) is 11.6. The van der Waals surface area contributed by atoms with Crippen LogP contribution < -0.4 is 69.3 Å². The molecule has 0 saturated carbocycles. The molecule has 0 aliphatic rings. The van der Waals surface area contributed by atoms with E-state index in [4.69, 9.17) is 10.2 Å². The molecule has 1 aromatic carbocycles. The molecule has 1 aromatic rings. The molecule has 0 radical (unpaired) electrons. The summed E-state index contributed by atoms with van der Waals surface area (Å²) in [6.45, 7) is 1.39. The van der Waals surface area contributed by atoms with E-state index in [1.165, 1.54) is 25.1 Å². The van der Waals surface area contributed by atoms with Crippen LogP contribution >= 0.6 is 0 Å². The molecule has 2 N–H and O–H groups in total. The summed E-state index contributed by atoms with van der Waals surface area (Å²) in [6.07, 6.45) is -0.560. The van der Waals surface area contributed by atoms with Crippen LogP contribution in [0.4, 0.5) is 0 Å². The van der Waals surface area contributed by atoms with Gasteiger partial charge in [-0.1, -0.05) is 18.2 Å². The van der Waals surface area contributed by atoms with Gasteiger partial charge in [0.2, 0.25) is 0 Å². The first-order chi connectivity index (χ1) is 7.88. The molecule has 1 rings (SSSR count). The van der Waals surface area contributed by atoms with Gasteiger partial charge >= 0.3 is 59.1 Å². The van der Waals surface area contributed by atoms with E-state index in [1.54, 1.807) is 0 Å². The Morgan fingerprint density at radius 2 is 1.47 bits per heavy atom. The molecule has 0 aliphatic heterocycles. The van der Waals surface area contributed by atoms with Crippen LogP contribution in [0.3, 0.4) is 0 Å². The summed E-state index contributed by atoms with van der Waals surface area (Å²) in [5.74, 6) is -2.81. The minimum atomic E-state index is -1.40. The Kier molecular flexibility index (Phi) is 16.6. The Morgan fingerprint density at radius 3 is 1.68 bits per heavy atom. The molecule has 0 heterocycles. The van der Waals surface area contributed by atoms with E-state index in [0.29, 0.717) is 0 Å². The molecule has 8 heteroatoms. The van der Waals surface area contributed by atoms with Crippen molar-refractivity contribution in [2.75, 3.05) is 6.61 Å². The van der Waals surface area contributed by atoms with E-state index < -0.39 is 18.0 Å². The third-order valence-corrected chi connectivity index (χ3v) is 1.60. The van der Waals surface area contributed by atoms with Crippen molar-refractivity contribution in [3.05, 3.63) is 35.4 Å². The number of aliphatic hydroxyl groups is 2. The Morgan fingerprint density at radius 1 is 1.16 bits per heavy atom. The first-order valence-corrected chi connectivity index (χ1v) is 4.70. The molecule has 94 valence electrons. The Bertz CT molecular complexity index is 365. The van der Waals surface area contributed by atoms with E-state index in [-0.39, 0.29) is 76.8 Å². The maximum absolute atomic E-state index is 10.3. The van der Waals surface area contributed by atoms with Gasteiger partial charge in [0.15, 0.2) is 0 Å². The minimum absolute atomic E-state index is 0. The molecule has 1 unspecified atom stereocenters. The fourth-order valence-electron chi connectivity index (χ4n) is 0.773. The third-order valence-electron chi connectivity index (χ3n) is 1.60. The van der Waals surface area contributed by atoms with Crippen molar-refractivity contribution in [2.24, 2.45) is 0 Å². The zero-order valence-corrected chi connectivity index (χ0v) is 15.1. The fourth-order valence-corrected chi connectivity index (χ4v) is 0.773. The van der Waals surface area contributed by atoms with Crippen LogP contribution in [0.1, 0.15) is 27.6 Å². The average Bonchev–Trinajstić information content (AvgIpc) is 2.29. The Balaban J connectivity index is -0.000000320. The van der Waals surface area contributed by atoms with Crippen molar-refractivity contribution in [1.82, 2.24) is 0 Å². The van der Waals surface area contributed by atoms with Crippen molar-refractivity contribution in [3.63, 3.8) is 0 Å². The number of carbonyl (C=O) groups excluding carboxylic acids is 2. The number of carboxylic acids is 2. The standard InChI is InChI=1S/C8H6O4.C3H8O2.2Na/c9-7(10)5-2-1-3-6(4-5)8(11)12;1-3(5)2-4;;/h1-4H,(H,9,10)(H,11,12);3-5H,2H2,1H3;;/q;;2*+1/p-2. The predicted octanol–water partition coefficient (Wildman–Crippen LogP) is -8.22. The number of aliphatic hydroxyl groups excluding tert-OH is 2. The van der Waals surface area contributed by atoms with Gasteiger partial charge in [-0.25, -0.2) is 0 Å². The van der Waals surface area contributed by atoms with Crippen LogP contribution in [-0.2, 0) is 0 Å². The molecular formula is C11H12Na2O6. The van der Waals surface area contributed by atoms with Gasteiger partial charge in [-0.15, -0.1) is 0 Å². The zero-order chi connectivity index (χ0) is 13.4. The number of carboxylic acid groups (broad SMARTS) is 2. The summed E-state index contributed by atoms with van der Waals surface area (Å²) in [5.41, 5.74) is -0.339. The summed E-state index contributed by atoms with van der Waals surface area (Å²) in [7, 11) is 0. The summed E-state index contributed by atoms with van der Waals surface area (Å²) in [6, 6.07) is 4.81. The van der Waals surface area contributed by atoms with E-state index in [0.717, 1.165) is 6.07 Å². The molecule has 0 spiro atoms. The predicted molar refractivity (Wildman–Crippen MR) is 53.9 cm³/mol. The number of rotatable bonds is 3. The fraction of sp³-hybridized carbons (Fsp3) is 0.273. The quantitative estimate of drug-likeness (QED) is 0.532. The second-order valence-corrected chi connectivity index (χ2v) is 3.19. The van der Waals surface area contributed by atoms with E-state index in [2.05, 4.69) is 0 Å². The van der Waals surface area contributed by atoms with Crippen molar-refractivity contribution in [2.45, 2.75) is 13.0 Å². The van der Waals surface area contributed by atoms with Gasteiger partial charge < -0.3 is 30.0 Å². The molecule has 0 amide bonds. The van der Waals surface area contributed by atoms with Crippen LogP contribution in [0.25, 0.3) is 0 Å². The normalized spacial score (nSPS) is 9.84. The van der Waals surface area contributed by atoms with Gasteiger partial charge in [-0.2, -0.15) is 0 Å². The van der Waals surface area contributed by atoms with E-state index in [9.17, 15) is 19.8 Å². The van der Waals surface area contributed by atoms with Gasteiger partial charge in [0.1, 0.15) is 0 Å². The van der Waals surface area contributed by atoms with Gasteiger partial charge in [-0.05, 0) is 24.1 Å². The van der Waals surface area contributed by atoms with Gasteiger partial charge in [-0.3, -0.25) is 0 Å². The average molecular weight is 286 g/mol. The van der Waals surface area contributed by atoms with Gasteiger partial charge in [0.25, 0.3) is 0 Å². The summed E-state index contributed by atoms with van der Waals surface area (Å²) in [4.78, 5) is 20.5. The van der Waals surface area contributed by atoms with Crippen molar-refractivity contribution in [3.8, 4) is 0 Å². The van der Waals surface area contributed by atoms with Crippen LogP contribution in [0.5, 0.6) is 0 Å². The zero-order valence-electron chi connectivity index (χ0n) is 11.1. The number of hydrogen-bond acceptors (Lipinski definition) is 6. The van der Waals surface area contributed by atoms with Crippen LogP contribution in [0, 0.1) is 0 Å². The summed E-state index contributed by atoms with van der Waals surface area (Å²) < 4.78 is 0. The Hall–Kier alpha value is 0.0800. The van der Waals surface area contributed by atoms with Crippen LogP contribution in [0.15, 0.2) is 24.3 Å². The van der Waals surface area contributed by atoms with Gasteiger partial charge in [0.05, 0.1) is 24.6 Å². The Labute approximate surface area is 155 Å². The molecule has 0 fully saturated rings.